The summed E-state index contributed by atoms with van der Waals surface area (Å²) >= 11 is 1.45. The monoisotopic (exact) mass is 433 g/mol. The fourth-order valence-electron chi connectivity index (χ4n) is 3.80. The van der Waals surface area contributed by atoms with Crippen molar-refractivity contribution in [3.05, 3.63) is 92.7 Å². The molecule has 1 aliphatic rings. The van der Waals surface area contributed by atoms with Crippen molar-refractivity contribution in [3.8, 4) is 5.75 Å². The van der Waals surface area contributed by atoms with Crippen molar-refractivity contribution < 1.29 is 19.4 Å². The Hall–Kier alpha value is -3.38. The van der Waals surface area contributed by atoms with Gasteiger partial charge in [-0.15, -0.1) is 11.3 Å². The van der Waals surface area contributed by atoms with Gasteiger partial charge in [0.25, 0.3) is 11.7 Å². The molecule has 1 N–H and O–H groups in total. The minimum Gasteiger partial charge on any atom is -0.507 e. The molecule has 1 aromatic heterocycles. The number of ether oxygens (including phenoxy) is 1. The van der Waals surface area contributed by atoms with Gasteiger partial charge < -0.3 is 14.7 Å². The maximum Gasteiger partial charge on any atom is 0.295 e. The SMILES string of the molecule is COc1cccc(CN2C(=O)C(=O)/C(=C(\O)c3ccc(C)c(C)c3)C2c2cccs2)c1. The highest BCUT2D eigenvalue weighted by molar-refractivity contribution is 7.10. The smallest absolute Gasteiger partial charge is 0.295 e. The molecule has 1 saturated heterocycles. The lowest BCUT2D eigenvalue weighted by Gasteiger charge is -2.24. The van der Waals surface area contributed by atoms with Crippen LogP contribution in [-0.4, -0.2) is 28.8 Å². The van der Waals surface area contributed by atoms with E-state index < -0.39 is 17.7 Å². The van der Waals surface area contributed by atoms with Crippen molar-refractivity contribution in [1.29, 1.82) is 0 Å². The van der Waals surface area contributed by atoms with E-state index in [9.17, 15) is 14.7 Å². The molecule has 1 amide bonds. The maximum atomic E-state index is 13.1. The number of aryl methyl sites for hydroxylation is 2. The Morgan fingerprint density at radius 2 is 1.87 bits per heavy atom. The number of likely N-dealkylation sites (tertiary alicyclic amines) is 1. The van der Waals surface area contributed by atoms with Crippen molar-refractivity contribution in [2.75, 3.05) is 7.11 Å². The number of nitrogens with zero attached hydrogens (tertiary/aromatic N) is 1. The summed E-state index contributed by atoms with van der Waals surface area (Å²) in [6.45, 7) is 4.16. The van der Waals surface area contributed by atoms with Crippen molar-refractivity contribution in [2.24, 2.45) is 0 Å². The van der Waals surface area contributed by atoms with Gasteiger partial charge in [-0.05, 0) is 60.2 Å². The zero-order valence-corrected chi connectivity index (χ0v) is 18.4. The van der Waals surface area contributed by atoms with E-state index in [0.717, 1.165) is 21.6 Å². The molecule has 1 aliphatic heterocycles. The number of thiophene rings is 1. The molecule has 3 aromatic rings. The van der Waals surface area contributed by atoms with Crippen molar-refractivity contribution in [3.63, 3.8) is 0 Å². The lowest BCUT2D eigenvalue weighted by molar-refractivity contribution is -0.140. The number of rotatable bonds is 5. The van der Waals surface area contributed by atoms with Crippen molar-refractivity contribution in [2.45, 2.75) is 26.4 Å². The molecule has 2 heterocycles. The van der Waals surface area contributed by atoms with Crippen molar-refractivity contribution >= 4 is 28.8 Å². The van der Waals surface area contributed by atoms with Crippen LogP contribution in [0.25, 0.3) is 5.76 Å². The number of carbonyl (C=O) groups is 2. The highest BCUT2D eigenvalue weighted by atomic mass is 32.1. The minimum absolute atomic E-state index is 0.124. The van der Waals surface area contributed by atoms with Gasteiger partial charge in [-0.1, -0.05) is 30.3 Å². The molecule has 0 radical (unpaired) electrons. The molecule has 0 bridgehead atoms. The first kappa shape index (κ1) is 20.9. The standard InChI is InChI=1S/C25H23NO4S/c1-15-9-10-18(12-16(15)2)23(27)21-22(20-8-5-11-31-20)26(25(29)24(21)28)14-17-6-4-7-19(13-17)30-3/h4-13,22,27H,14H2,1-3H3/b23-21-. The molecule has 0 saturated carbocycles. The minimum atomic E-state index is -0.669. The van der Waals surface area contributed by atoms with E-state index in [1.165, 1.54) is 16.2 Å². The largest absolute Gasteiger partial charge is 0.507 e. The fourth-order valence-corrected chi connectivity index (χ4v) is 4.64. The van der Waals surface area contributed by atoms with Gasteiger partial charge in [0.1, 0.15) is 11.5 Å². The molecular formula is C25H23NO4S. The Morgan fingerprint density at radius 3 is 2.55 bits per heavy atom. The zero-order valence-electron chi connectivity index (χ0n) is 17.6. The number of hydrogen-bond acceptors (Lipinski definition) is 5. The lowest BCUT2D eigenvalue weighted by atomic mass is 9.97. The van der Waals surface area contributed by atoms with Gasteiger partial charge >= 0.3 is 0 Å². The predicted molar refractivity (Wildman–Crippen MR) is 121 cm³/mol. The molecule has 4 rings (SSSR count). The Labute approximate surface area is 185 Å². The zero-order chi connectivity index (χ0) is 22.1. The first-order chi connectivity index (χ1) is 14.9. The van der Waals surface area contributed by atoms with E-state index in [0.29, 0.717) is 11.3 Å². The summed E-state index contributed by atoms with van der Waals surface area (Å²) in [5, 5.41) is 13.0. The Morgan fingerprint density at radius 1 is 1.06 bits per heavy atom. The fraction of sp³-hybridized carbons (Fsp3) is 0.200. The maximum absolute atomic E-state index is 13.1. The van der Waals surface area contributed by atoms with Crippen LogP contribution >= 0.6 is 11.3 Å². The molecule has 0 spiro atoms. The second-order valence-corrected chi connectivity index (χ2v) is 8.57. The number of ketones is 1. The molecule has 2 aromatic carbocycles. The van der Waals surface area contributed by atoms with Gasteiger partial charge in [0.05, 0.1) is 18.7 Å². The number of Topliss-reactive ketones (excluding diaryl/α,β-unsaturated/α-hetero) is 1. The van der Waals surface area contributed by atoms with Crippen LogP contribution in [0.5, 0.6) is 5.75 Å². The average molecular weight is 434 g/mol. The van der Waals surface area contributed by atoms with Crippen LogP contribution in [0.2, 0.25) is 0 Å². The first-order valence-corrected chi connectivity index (χ1v) is 10.8. The highest BCUT2D eigenvalue weighted by Crippen LogP contribution is 2.42. The van der Waals surface area contributed by atoms with Crippen LogP contribution in [-0.2, 0) is 16.1 Å². The Balaban J connectivity index is 1.82. The third kappa shape index (κ3) is 3.86. The van der Waals surface area contributed by atoms with Crippen LogP contribution in [0.4, 0.5) is 0 Å². The molecule has 1 atom stereocenters. The molecular weight excluding hydrogens is 410 g/mol. The molecule has 1 unspecified atom stereocenters. The summed E-state index contributed by atoms with van der Waals surface area (Å²) in [4.78, 5) is 28.5. The quantitative estimate of drug-likeness (QED) is 0.350. The first-order valence-electron chi connectivity index (χ1n) is 9.93. The molecule has 31 heavy (non-hydrogen) atoms. The third-order valence-electron chi connectivity index (χ3n) is 5.62. The highest BCUT2D eigenvalue weighted by Gasteiger charge is 2.46. The van der Waals surface area contributed by atoms with Crippen LogP contribution in [0.3, 0.4) is 0 Å². The van der Waals surface area contributed by atoms with Gasteiger partial charge in [-0.25, -0.2) is 0 Å². The summed E-state index contributed by atoms with van der Waals surface area (Å²) < 4.78 is 5.29. The Bertz CT molecular complexity index is 1180. The van der Waals surface area contributed by atoms with Gasteiger partial charge in [0.15, 0.2) is 0 Å². The van der Waals surface area contributed by atoms with Crippen LogP contribution < -0.4 is 4.74 Å². The van der Waals surface area contributed by atoms with E-state index in [2.05, 4.69) is 0 Å². The number of carbonyl (C=O) groups excluding carboxylic acids is 2. The summed E-state index contributed by atoms with van der Waals surface area (Å²) in [6, 6.07) is 16.0. The number of hydrogen-bond donors (Lipinski definition) is 1. The number of aliphatic hydroxyl groups is 1. The van der Waals surface area contributed by atoms with Crippen LogP contribution in [0.1, 0.15) is 33.2 Å². The molecule has 5 nitrogen and oxygen atoms in total. The Kier molecular flexibility index (Phi) is 5.65. The second kappa shape index (κ2) is 8.40. The van der Waals surface area contributed by atoms with Gasteiger partial charge in [-0.3, -0.25) is 9.59 Å². The second-order valence-electron chi connectivity index (χ2n) is 7.59. The van der Waals surface area contributed by atoms with E-state index in [1.807, 2.05) is 67.8 Å². The summed E-state index contributed by atoms with van der Waals surface area (Å²) in [5.74, 6) is -0.756. The predicted octanol–water partition coefficient (Wildman–Crippen LogP) is 5.00. The van der Waals surface area contributed by atoms with Crippen LogP contribution in [0, 0.1) is 13.8 Å². The third-order valence-corrected chi connectivity index (χ3v) is 6.54. The summed E-state index contributed by atoms with van der Waals surface area (Å²) in [6.07, 6.45) is 0. The van der Waals surface area contributed by atoms with E-state index in [4.69, 9.17) is 4.74 Å². The summed E-state index contributed by atoms with van der Waals surface area (Å²) in [7, 11) is 1.58. The number of methoxy groups -OCH3 is 1. The van der Waals surface area contributed by atoms with Crippen molar-refractivity contribution in [1.82, 2.24) is 4.90 Å². The van der Waals surface area contributed by atoms with E-state index in [1.54, 1.807) is 13.2 Å². The lowest BCUT2D eigenvalue weighted by Crippen LogP contribution is -2.28. The number of benzene rings is 2. The topological polar surface area (TPSA) is 66.8 Å². The van der Waals surface area contributed by atoms with Gasteiger partial charge in [0.2, 0.25) is 0 Å². The van der Waals surface area contributed by atoms with E-state index >= 15 is 0 Å². The molecule has 1 fully saturated rings. The van der Waals surface area contributed by atoms with Gasteiger partial charge in [-0.2, -0.15) is 0 Å². The number of amides is 1. The molecule has 0 aliphatic carbocycles. The van der Waals surface area contributed by atoms with Gasteiger partial charge in [0, 0.05) is 17.0 Å². The molecule has 158 valence electrons. The van der Waals surface area contributed by atoms with E-state index in [-0.39, 0.29) is 17.9 Å². The number of aliphatic hydroxyl groups excluding tert-OH is 1. The van der Waals surface area contributed by atoms with Crippen LogP contribution in [0.15, 0.2) is 65.6 Å². The normalized spacial score (nSPS) is 17.9. The molecule has 6 heteroatoms. The average Bonchev–Trinajstić information content (AvgIpc) is 3.38. The summed E-state index contributed by atoms with van der Waals surface area (Å²) in [5.41, 5.74) is 3.59.